The van der Waals surface area contributed by atoms with E-state index in [1.54, 1.807) is 7.05 Å². The molecule has 0 unspecified atom stereocenters. The Bertz CT molecular complexity index is 6090. The number of nitrogens with two attached hydrogens (primary N) is 6. The van der Waals surface area contributed by atoms with Crippen LogP contribution >= 0.6 is 0 Å². The van der Waals surface area contributed by atoms with Crippen LogP contribution in [-0.4, -0.2) is 360 Å². The number of amides is 12. The van der Waals surface area contributed by atoms with E-state index in [1.807, 2.05) is 0 Å². The highest BCUT2D eigenvalue weighted by atomic mass is 16.4. The molecule has 0 saturated carbocycles. The molecule has 9 rings (SSSR count). The van der Waals surface area contributed by atoms with Crippen LogP contribution in [0.3, 0.4) is 0 Å². The van der Waals surface area contributed by atoms with Crippen molar-refractivity contribution in [3.05, 3.63) is 124 Å². The van der Waals surface area contributed by atoms with E-state index in [0.29, 0.717) is 12.8 Å². The van der Waals surface area contributed by atoms with E-state index in [2.05, 4.69) is 86.4 Å². The van der Waals surface area contributed by atoms with Crippen LogP contribution in [0.2, 0.25) is 0 Å². The Morgan fingerprint density at radius 2 is 0.815 bits per heavy atom. The van der Waals surface area contributed by atoms with E-state index in [4.69, 9.17) is 34.4 Å². The molecule has 0 bridgehead atoms. The lowest BCUT2D eigenvalue weighted by atomic mass is 10.1. The summed E-state index contributed by atoms with van der Waals surface area (Å²) >= 11 is 0. The highest BCUT2D eigenvalue weighted by molar-refractivity contribution is 5.91. The van der Waals surface area contributed by atoms with Crippen molar-refractivity contribution in [3.63, 3.8) is 0 Å². The number of fused-ring (bicyclic) bond motifs is 3. The number of aryl methyl sites for hydroxylation is 1. The molecule has 0 saturated heterocycles. The van der Waals surface area contributed by atoms with Gasteiger partial charge >= 0.3 is 23.0 Å². The molecule has 57 nitrogen and oxygen atoms in total. The zero-order valence-corrected chi connectivity index (χ0v) is 71.0. The number of aromatic nitrogens is 18. The number of imidazole rings is 3. The Balaban J connectivity index is 0.890. The van der Waals surface area contributed by atoms with Crippen LogP contribution in [0.4, 0.5) is 29.4 Å². The molecule has 57 heteroatoms. The molecule has 0 fully saturated rings. The number of carbonyl (C=O) groups is 13. The number of carboxylic acids is 1. The zero-order valence-electron chi connectivity index (χ0n) is 71.0. The van der Waals surface area contributed by atoms with Gasteiger partial charge in [0.25, 0.3) is 16.7 Å². The molecule has 1 atom stereocenters. The summed E-state index contributed by atoms with van der Waals surface area (Å²) in [5, 5.41) is 23.0. The van der Waals surface area contributed by atoms with Gasteiger partial charge in [-0.05, 0) is 51.9 Å². The summed E-state index contributed by atoms with van der Waals surface area (Å²) in [6.07, 6.45) is 8.90. The zero-order chi connectivity index (χ0) is 94.7. The lowest BCUT2D eigenvalue weighted by Gasteiger charge is -2.29. The molecule has 9 heterocycles. The largest absolute Gasteiger partial charge is 0.480 e. The van der Waals surface area contributed by atoms with Crippen molar-refractivity contribution in [2.45, 2.75) is 71.5 Å². The average Bonchev–Trinajstić information content (AvgIpc) is 1.65. The van der Waals surface area contributed by atoms with Gasteiger partial charge in [-0.1, -0.05) is 0 Å². The molecule has 0 aliphatic carbocycles. The first-order valence-corrected chi connectivity index (χ1v) is 40.0. The first-order valence-electron chi connectivity index (χ1n) is 40.0. The lowest BCUT2D eigenvalue weighted by Crippen LogP contribution is -2.51. The number of rotatable bonds is 48. The van der Waals surface area contributed by atoms with Crippen molar-refractivity contribution >= 4 is 140 Å². The minimum absolute atomic E-state index is 0.00645. The van der Waals surface area contributed by atoms with E-state index < -0.39 is 241 Å². The second kappa shape index (κ2) is 45.6. The number of aromatic amines is 3. The maximum Gasteiger partial charge on any atom is 0.349 e. The molecule has 0 aliphatic rings. The smallest absolute Gasteiger partial charge is 0.349 e. The second-order valence-corrected chi connectivity index (χ2v) is 29.4. The van der Waals surface area contributed by atoms with Crippen LogP contribution in [0.1, 0.15) is 24.8 Å². The van der Waals surface area contributed by atoms with Gasteiger partial charge in [0.15, 0.2) is 33.8 Å². The minimum Gasteiger partial charge on any atom is -0.480 e. The number of nitrogen functional groups attached to an aromatic ring is 5. The molecule has 0 aliphatic heterocycles. The van der Waals surface area contributed by atoms with Gasteiger partial charge in [-0.15, -0.1) is 0 Å². The molecule has 0 aromatic carbocycles. The van der Waals surface area contributed by atoms with Crippen molar-refractivity contribution in [2.24, 2.45) is 5.73 Å². The van der Waals surface area contributed by atoms with Gasteiger partial charge in [0, 0.05) is 117 Å². The predicted molar refractivity (Wildman–Crippen MR) is 457 cm³/mol. The third kappa shape index (κ3) is 27.4. The first-order chi connectivity index (χ1) is 61.9. The highest BCUT2D eigenvalue weighted by Gasteiger charge is 2.31. The maximum atomic E-state index is 14.6. The number of hydrogen-bond acceptors (Lipinski definition) is 35. The van der Waals surface area contributed by atoms with Gasteiger partial charge in [-0.25, -0.2) is 44.1 Å². The molecule has 21 N–H and O–H groups in total. The van der Waals surface area contributed by atoms with Crippen molar-refractivity contribution in [1.29, 1.82) is 0 Å². The van der Waals surface area contributed by atoms with Crippen LogP contribution in [0, 0.1) is 6.92 Å². The standard InChI is InChI=1S/C73H99N37O20/c1-42-25-107(73(130)96-65(42)123)34-54(119)104(24-22-98(4)51(116)31-102(57(122)37-110-41-88-60-64(110)93-70(79)95-67(60)125)20-13-82-46(111)26-99(17-11-80-2)52(117)32-105-15-8-44(75)90-71(105)128)28-48(113)83-14-19-101(56(121)35-108-39-86-58-61(77)84-38-85-62(58)108)30-50(115)97(3)21-23-103(53(118)33-106-16-9-45(76)91-72(106)129)27-47(112)81-12-18-100(29-49(114)89-43(68(126)127)7-5-6-10-74)55(120)36-109-40-87-59-63(109)92-69(78)94-66(59)124/h8-9,15-16,25,38-41,43,80H,5-7,10-14,17-24,26-37,74H2,1-4H3,(H,81,112)(H,82,111)(H,83,113)(H,89,114)(H,126,127)(H2,75,90,128)(H2,76,91,129)(H2,77,84,85)(H,96,123,130)(H3,78,92,94,124)(H3,79,93,95,125)/t43-/m0/s1. The average molecular weight is 1810 g/mol. The first kappa shape index (κ1) is 97.5. The Hall–Kier alpha value is -16.3. The number of unbranched alkanes of at least 4 members (excludes halogenated alkanes) is 1. The lowest BCUT2D eigenvalue weighted by molar-refractivity contribution is -0.143. The topological polar surface area (TPSA) is 780 Å². The normalized spacial score (nSPS) is 11.4. The van der Waals surface area contributed by atoms with Gasteiger partial charge < -0.3 is 119 Å². The third-order valence-corrected chi connectivity index (χ3v) is 19.9. The molecule has 0 radical (unpaired) electrons. The fourth-order valence-corrected chi connectivity index (χ4v) is 12.7. The predicted octanol–water partition coefficient (Wildman–Crippen LogP) is -12.5. The number of nitrogens with zero attached hydrogens (tertiary/aromatic N) is 23. The number of hydrogen-bond donors (Lipinski definition) is 15. The van der Waals surface area contributed by atoms with E-state index in [-0.39, 0.29) is 114 Å². The number of likely N-dealkylation sites (N-methyl/N-ethyl adjacent to an activating group) is 3. The van der Waals surface area contributed by atoms with E-state index in [1.165, 1.54) is 65.6 Å². The van der Waals surface area contributed by atoms with Crippen LogP contribution in [0.5, 0.6) is 0 Å². The Morgan fingerprint density at radius 1 is 0.431 bits per heavy atom. The summed E-state index contributed by atoms with van der Waals surface area (Å²) in [4.78, 5) is 309. The molecule has 12 amide bonds. The summed E-state index contributed by atoms with van der Waals surface area (Å²) in [5.41, 5.74) is 29.3. The van der Waals surface area contributed by atoms with Gasteiger partial charge in [0.1, 0.15) is 68.8 Å². The molecule has 9 aromatic rings. The summed E-state index contributed by atoms with van der Waals surface area (Å²) < 4.78 is 6.39. The summed E-state index contributed by atoms with van der Waals surface area (Å²) in [5.74, 6) is -12.1. The molecular weight excluding hydrogens is 1720 g/mol. The monoisotopic (exact) mass is 1810 g/mol. The van der Waals surface area contributed by atoms with Crippen LogP contribution in [-0.2, 0) is 102 Å². The number of carboxylic acid groups (broad SMARTS) is 1. The SMILES string of the molecule is CNCCN(CC(=O)NCCN(CC(=O)N(C)CCN(CC(=O)NCCN(CC(=O)N(C)CCN(CC(=O)NCCN(CC(=O)N[C@@H](CCCCN)C(=O)O)C(=O)Cn1cnc2c(=O)[nH]c(N)nc21)C(=O)Cn1ccc(N)nc1=O)C(=O)Cn1cnc2c(N)ncnc21)C(=O)Cn1cc(C)c(=O)[nH]c1=O)C(=O)Cn1cnc2c(=O)[nH]c(N)nc21)C(=O)Cn1ccc(N)nc1=O. The van der Waals surface area contributed by atoms with Crippen molar-refractivity contribution < 1.29 is 67.4 Å². The van der Waals surface area contributed by atoms with E-state index in [0.717, 1.165) is 78.1 Å². The van der Waals surface area contributed by atoms with Gasteiger partial charge in [-0.3, -0.25) is 101 Å². The molecule has 130 heavy (non-hydrogen) atoms. The molecule has 9 aromatic heterocycles. The molecular formula is C73H99N37O20. The second-order valence-electron chi connectivity index (χ2n) is 29.4. The van der Waals surface area contributed by atoms with Crippen LogP contribution in [0.25, 0.3) is 33.5 Å². The Labute approximate surface area is 732 Å². The van der Waals surface area contributed by atoms with E-state index >= 15 is 0 Å². The number of nitrogens with one attached hydrogen (secondary N) is 8. The van der Waals surface area contributed by atoms with Crippen molar-refractivity contribution in [1.82, 2.24) is 153 Å². The van der Waals surface area contributed by atoms with Gasteiger partial charge in [0.05, 0.1) is 58.3 Å². The van der Waals surface area contributed by atoms with Gasteiger partial charge in [0.2, 0.25) is 82.8 Å². The number of aliphatic carboxylic acids is 1. The molecule has 696 valence electrons. The van der Waals surface area contributed by atoms with Crippen LogP contribution < -0.4 is 94.7 Å². The maximum absolute atomic E-state index is 14.6. The fourth-order valence-electron chi connectivity index (χ4n) is 12.7. The number of anilines is 5. The van der Waals surface area contributed by atoms with Gasteiger partial charge in [-0.2, -0.15) is 19.9 Å². The number of carbonyl (C=O) groups excluding carboxylic acids is 12. The summed E-state index contributed by atoms with van der Waals surface area (Å²) in [6, 6.07) is 1.16. The van der Waals surface area contributed by atoms with Crippen LogP contribution in [0.15, 0.2) is 84.8 Å². The quantitative estimate of drug-likeness (QED) is 0.0157. The highest BCUT2D eigenvalue weighted by Crippen LogP contribution is 2.16. The Morgan fingerprint density at radius 3 is 1.23 bits per heavy atom. The Kier molecular flexibility index (Phi) is 34.2. The minimum atomic E-state index is -1.38. The summed E-state index contributed by atoms with van der Waals surface area (Å²) in [7, 11) is 4.19. The number of H-pyrrole nitrogens is 3. The summed E-state index contributed by atoms with van der Waals surface area (Å²) in [6.45, 7) is -10.5. The van der Waals surface area contributed by atoms with Crippen molar-refractivity contribution in [2.75, 3.05) is 174 Å². The third-order valence-electron chi connectivity index (χ3n) is 19.9. The van der Waals surface area contributed by atoms with Crippen molar-refractivity contribution in [3.8, 4) is 0 Å². The molecule has 0 spiro atoms. The van der Waals surface area contributed by atoms with E-state index in [9.17, 15) is 96.2 Å². The fraction of sp³-hybridized carbons (Fsp3) is 0.452.